The van der Waals surface area contributed by atoms with E-state index in [1.165, 1.54) is 23.1 Å². The summed E-state index contributed by atoms with van der Waals surface area (Å²) >= 11 is 2.97. The molecule has 5 heteroatoms. The van der Waals surface area contributed by atoms with Crippen LogP contribution in [0.3, 0.4) is 0 Å². The maximum Gasteiger partial charge on any atom is 0.252 e. The number of thiophene rings is 2. The number of Topliss-reactive ketones (excluding diaryl/α,β-unsaturated/α-hetero) is 1. The van der Waals surface area contributed by atoms with Crippen LogP contribution in [0, 0.1) is 0 Å². The van der Waals surface area contributed by atoms with Crippen LogP contribution in [0.25, 0.3) is 0 Å². The lowest BCUT2D eigenvalue weighted by Gasteiger charge is -2.16. The van der Waals surface area contributed by atoms with Gasteiger partial charge in [0.2, 0.25) is 0 Å². The maximum absolute atomic E-state index is 12.2. The number of hydrogen-bond donors (Lipinski definition) is 1. The molecule has 0 aromatic carbocycles. The van der Waals surface area contributed by atoms with Crippen molar-refractivity contribution >= 4 is 34.4 Å². The van der Waals surface area contributed by atoms with Gasteiger partial charge < -0.3 is 5.32 Å². The lowest BCUT2D eigenvalue weighted by atomic mass is 10.1. The van der Waals surface area contributed by atoms with E-state index < -0.39 is 0 Å². The molecule has 1 unspecified atom stereocenters. The van der Waals surface area contributed by atoms with Gasteiger partial charge >= 0.3 is 0 Å². The molecule has 0 aliphatic rings. The first-order valence-electron chi connectivity index (χ1n) is 6.55. The van der Waals surface area contributed by atoms with Gasteiger partial charge in [-0.05, 0) is 30.9 Å². The van der Waals surface area contributed by atoms with E-state index in [4.69, 9.17) is 0 Å². The third-order valence-corrected chi connectivity index (χ3v) is 4.99. The molecular weight excluding hydrogens is 290 g/mol. The first kappa shape index (κ1) is 14.9. The molecule has 2 rings (SSSR count). The van der Waals surface area contributed by atoms with E-state index in [2.05, 4.69) is 12.2 Å². The van der Waals surface area contributed by atoms with Crippen molar-refractivity contribution < 1.29 is 9.59 Å². The molecule has 0 aliphatic heterocycles. The first-order valence-corrected chi connectivity index (χ1v) is 8.31. The number of ketones is 1. The molecule has 2 aromatic heterocycles. The Balaban J connectivity index is 2.09. The lowest BCUT2D eigenvalue weighted by molar-refractivity contribution is 0.0935. The second kappa shape index (κ2) is 6.81. The SMILES string of the molecule is CCCC(NC(=O)c1csc(C(C)=O)c1)c1cccs1. The summed E-state index contributed by atoms with van der Waals surface area (Å²) < 4.78 is 0. The number of carbonyl (C=O) groups excluding carboxylic acids is 2. The molecule has 20 heavy (non-hydrogen) atoms. The first-order chi connectivity index (χ1) is 9.61. The predicted octanol–water partition coefficient (Wildman–Crippen LogP) is 4.28. The topological polar surface area (TPSA) is 46.2 Å². The van der Waals surface area contributed by atoms with E-state index in [1.807, 2.05) is 17.5 Å². The Hall–Kier alpha value is -1.46. The van der Waals surface area contributed by atoms with Crippen LogP contribution in [0.2, 0.25) is 0 Å². The van der Waals surface area contributed by atoms with Gasteiger partial charge in [0.25, 0.3) is 5.91 Å². The van der Waals surface area contributed by atoms with Crippen molar-refractivity contribution in [2.45, 2.75) is 32.7 Å². The Bertz CT molecular complexity index is 587. The summed E-state index contributed by atoms with van der Waals surface area (Å²) in [6.07, 6.45) is 1.92. The number of hydrogen-bond acceptors (Lipinski definition) is 4. The molecule has 1 atom stereocenters. The van der Waals surface area contributed by atoms with Gasteiger partial charge in [-0.2, -0.15) is 0 Å². The summed E-state index contributed by atoms with van der Waals surface area (Å²) in [5.41, 5.74) is 0.567. The van der Waals surface area contributed by atoms with E-state index in [9.17, 15) is 9.59 Å². The van der Waals surface area contributed by atoms with Crippen molar-refractivity contribution in [1.29, 1.82) is 0 Å². The third-order valence-electron chi connectivity index (χ3n) is 2.98. The van der Waals surface area contributed by atoms with Crippen LogP contribution in [0.5, 0.6) is 0 Å². The number of carbonyl (C=O) groups is 2. The average molecular weight is 307 g/mol. The van der Waals surface area contributed by atoms with Crippen LogP contribution >= 0.6 is 22.7 Å². The fourth-order valence-corrected chi connectivity index (χ4v) is 3.55. The van der Waals surface area contributed by atoms with Gasteiger partial charge in [-0.3, -0.25) is 9.59 Å². The van der Waals surface area contributed by atoms with Gasteiger partial charge in [-0.25, -0.2) is 0 Å². The van der Waals surface area contributed by atoms with E-state index in [0.717, 1.165) is 12.8 Å². The van der Waals surface area contributed by atoms with Crippen LogP contribution in [0.4, 0.5) is 0 Å². The van der Waals surface area contributed by atoms with Crippen LogP contribution in [-0.2, 0) is 0 Å². The zero-order valence-electron chi connectivity index (χ0n) is 11.5. The van der Waals surface area contributed by atoms with Crippen molar-refractivity contribution in [3.8, 4) is 0 Å². The van der Waals surface area contributed by atoms with E-state index in [0.29, 0.717) is 10.4 Å². The molecule has 1 amide bonds. The largest absolute Gasteiger partial charge is 0.344 e. The molecular formula is C15H17NO2S2. The van der Waals surface area contributed by atoms with Gasteiger partial charge in [-0.15, -0.1) is 22.7 Å². The Morgan fingerprint density at radius 3 is 2.70 bits per heavy atom. The van der Waals surface area contributed by atoms with Crippen molar-refractivity contribution in [3.63, 3.8) is 0 Å². The van der Waals surface area contributed by atoms with Crippen LogP contribution in [0.1, 0.15) is 57.6 Å². The van der Waals surface area contributed by atoms with Gasteiger partial charge in [0.1, 0.15) is 0 Å². The number of amides is 1. The minimum absolute atomic E-state index is 0.00239. The highest BCUT2D eigenvalue weighted by Crippen LogP contribution is 2.24. The summed E-state index contributed by atoms with van der Waals surface area (Å²) in [4.78, 5) is 25.3. The second-order valence-electron chi connectivity index (χ2n) is 4.59. The van der Waals surface area contributed by atoms with Gasteiger partial charge in [0, 0.05) is 10.3 Å². The summed E-state index contributed by atoms with van der Waals surface area (Å²) in [7, 11) is 0. The smallest absolute Gasteiger partial charge is 0.252 e. The van der Waals surface area contributed by atoms with Crippen molar-refractivity contribution in [2.75, 3.05) is 0 Å². The molecule has 0 radical (unpaired) electrons. The highest BCUT2D eigenvalue weighted by atomic mass is 32.1. The Morgan fingerprint density at radius 2 is 2.15 bits per heavy atom. The summed E-state index contributed by atoms with van der Waals surface area (Å²) in [6, 6.07) is 5.75. The van der Waals surface area contributed by atoms with Gasteiger partial charge in [0.05, 0.1) is 16.5 Å². The zero-order valence-corrected chi connectivity index (χ0v) is 13.1. The van der Waals surface area contributed by atoms with Crippen molar-refractivity contribution in [3.05, 3.63) is 44.3 Å². The quantitative estimate of drug-likeness (QED) is 0.809. The number of rotatable bonds is 6. The standard InChI is InChI=1S/C15H17NO2S2/c1-3-5-12(13-6-4-7-19-13)16-15(18)11-8-14(10(2)17)20-9-11/h4,6-9,12H,3,5H2,1-2H3,(H,16,18). The highest BCUT2D eigenvalue weighted by molar-refractivity contribution is 7.12. The molecule has 0 fully saturated rings. The average Bonchev–Trinajstić information content (AvgIpc) is 3.09. The molecule has 0 saturated carbocycles. The van der Waals surface area contributed by atoms with Crippen LogP contribution in [0.15, 0.2) is 29.0 Å². The molecule has 0 aliphatic carbocycles. The molecule has 3 nitrogen and oxygen atoms in total. The third kappa shape index (κ3) is 3.55. The van der Waals surface area contributed by atoms with E-state index in [-0.39, 0.29) is 17.7 Å². The zero-order chi connectivity index (χ0) is 14.5. The monoisotopic (exact) mass is 307 g/mol. The number of nitrogens with one attached hydrogen (secondary N) is 1. The fraction of sp³-hybridized carbons (Fsp3) is 0.333. The minimum atomic E-state index is -0.111. The molecule has 106 valence electrons. The maximum atomic E-state index is 12.2. The van der Waals surface area contributed by atoms with E-state index in [1.54, 1.807) is 22.8 Å². The fourth-order valence-electron chi connectivity index (χ4n) is 1.95. The molecule has 0 spiro atoms. The lowest BCUT2D eigenvalue weighted by Crippen LogP contribution is -2.27. The summed E-state index contributed by atoms with van der Waals surface area (Å²) in [6.45, 7) is 3.62. The Morgan fingerprint density at radius 1 is 1.35 bits per heavy atom. The normalized spacial score (nSPS) is 12.1. The molecule has 1 N–H and O–H groups in total. The predicted molar refractivity (Wildman–Crippen MR) is 83.8 cm³/mol. The molecule has 2 aromatic rings. The summed E-state index contributed by atoms with van der Waals surface area (Å²) in [5.74, 6) is -0.113. The summed E-state index contributed by atoms with van der Waals surface area (Å²) in [5, 5.41) is 6.81. The van der Waals surface area contributed by atoms with Crippen molar-refractivity contribution in [1.82, 2.24) is 5.32 Å². The van der Waals surface area contributed by atoms with Gasteiger partial charge in [-0.1, -0.05) is 19.4 Å². The highest BCUT2D eigenvalue weighted by Gasteiger charge is 2.17. The molecule has 0 bridgehead atoms. The molecule has 2 heterocycles. The van der Waals surface area contributed by atoms with Gasteiger partial charge in [0.15, 0.2) is 5.78 Å². The minimum Gasteiger partial charge on any atom is -0.344 e. The van der Waals surface area contributed by atoms with Crippen LogP contribution < -0.4 is 5.32 Å². The Kier molecular flexibility index (Phi) is 5.09. The molecule has 0 saturated heterocycles. The van der Waals surface area contributed by atoms with E-state index >= 15 is 0 Å². The van der Waals surface area contributed by atoms with Crippen molar-refractivity contribution in [2.24, 2.45) is 0 Å². The van der Waals surface area contributed by atoms with Crippen LogP contribution in [-0.4, -0.2) is 11.7 Å². The Labute approximate surface area is 126 Å². The second-order valence-corrected chi connectivity index (χ2v) is 6.48.